The summed E-state index contributed by atoms with van der Waals surface area (Å²) in [4.78, 5) is 53.4. The normalized spacial score (nSPS) is 22.9. The lowest BCUT2D eigenvalue weighted by atomic mass is 9.92. The van der Waals surface area contributed by atoms with Crippen LogP contribution in [0.25, 0.3) is 0 Å². The third-order valence-electron chi connectivity index (χ3n) is 8.47. The summed E-state index contributed by atoms with van der Waals surface area (Å²) in [6.45, 7) is 11.4. The van der Waals surface area contributed by atoms with E-state index in [-0.39, 0.29) is 30.9 Å². The minimum atomic E-state index is -1.01. The van der Waals surface area contributed by atoms with Gasteiger partial charge in [-0.3, -0.25) is 29.3 Å². The molecular weight excluding hydrogens is 601 g/mol. The quantitative estimate of drug-likeness (QED) is 0.331. The minimum absolute atomic E-state index is 0.00351. The lowest BCUT2D eigenvalue weighted by Gasteiger charge is -2.40. The second kappa shape index (κ2) is 13.3. The highest BCUT2D eigenvalue weighted by atomic mass is 32.1. The lowest BCUT2D eigenvalue weighted by molar-refractivity contribution is -0.148. The van der Waals surface area contributed by atoms with Crippen LogP contribution in [-0.2, 0) is 19.1 Å². The fourth-order valence-electron chi connectivity index (χ4n) is 6.21. The Bertz CT molecular complexity index is 1510. The molecule has 0 radical (unpaired) electrons. The van der Waals surface area contributed by atoms with E-state index >= 15 is 0 Å². The number of amidine groups is 1. The molecule has 3 aliphatic rings. The Kier molecular flexibility index (Phi) is 9.68. The largest absolute Gasteiger partial charge is 0.481 e. The van der Waals surface area contributed by atoms with Crippen molar-refractivity contribution in [2.75, 3.05) is 45.9 Å². The molecule has 1 aromatic carbocycles. The van der Waals surface area contributed by atoms with Gasteiger partial charge in [0.25, 0.3) is 0 Å². The van der Waals surface area contributed by atoms with Crippen molar-refractivity contribution in [3.63, 3.8) is 0 Å². The van der Waals surface area contributed by atoms with E-state index in [0.29, 0.717) is 66.0 Å². The summed E-state index contributed by atoms with van der Waals surface area (Å²) in [5.74, 6) is -1.51. The van der Waals surface area contributed by atoms with Gasteiger partial charge >= 0.3 is 11.9 Å². The maximum Gasteiger partial charge on any atom is 0.338 e. The second-order valence-corrected chi connectivity index (χ2v) is 13.1. The molecule has 3 atom stereocenters. The second-order valence-electron chi connectivity index (χ2n) is 12.2. The van der Waals surface area contributed by atoms with E-state index in [4.69, 9.17) is 9.73 Å². The van der Waals surface area contributed by atoms with Crippen LogP contribution in [-0.4, -0.2) is 107 Å². The van der Waals surface area contributed by atoms with Gasteiger partial charge in [-0.2, -0.15) is 0 Å². The van der Waals surface area contributed by atoms with Crippen molar-refractivity contribution in [3.05, 3.63) is 63.0 Å². The van der Waals surface area contributed by atoms with Crippen LogP contribution >= 0.6 is 11.3 Å². The van der Waals surface area contributed by atoms with Crippen LogP contribution in [0.3, 0.4) is 0 Å². The number of amides is 1. The van der Waals surface area contributed by atoms with Gasteiger partial charge in [0.15, 0.2) is 10.8 Å². The molecule has 14 heteroatoms. The fourth-order valence-corrected chi connectivity index (χ4v) is 6.80. The van der Waals surface area contributed by atoms with Crippen LogP contribution in [0.2, 0.25) is 0 Å². The van der Waals surface area contributed by atoms with Crippen LogP contribution in [0.1, 0.15) is 49.9 Å². The van der Waals surface area contributed by atoms with E-state index in [2.05, 4.69) is 25.4 Å². The maximum atomic E-state index is 14.8. The van der Waals surface area contributed by atoms with Crippen molar-refractivity contribution < 1.29 is 28.6 Å². The average molecular weight is 642 g/mol. The Morgan fingerprint density at radius 1 is 1.24 bits per heavy atom. The number of benzene rings is 1. The molecule has 5 rings (SSSR count). The average Bonchev–Trinajstić information content (AvgIpc) is 3.62. The topological polar surface area (TPSA) is 140 Å². The Hall–Kier alpha value is -3.72. The first-order chi connectivity index (χ1) is 21.4. The van der Waals surface area contributed by atoms with Gasteiger partial charge in [0.2, 0.25) is 5.91 Å². The predicted molar refractivity (Wildman–Crippen MR) is 167 cm³/mol. The zero-order valence-corrected chi connectivity index (χ0v) is 27.0. The van der Waals surface area contributed by atoms with E-state index in [9.17, 15) is 23.9 Å². The van der Waals surface area contributed by atoms with Crippen LogP contribution in [0.15, 0.2) is 46.0 Å². The number of fused-ring (bicyclic) bond motifs is 1. The number of piperazine rings is 1. The van der Waals surface area contributed by atoms with E-state index in [1.165, 1.54) is 24.3 Å². The molecule has 3 unspecified atom stereocenters. The molecule has 0 saturated carbocycles. The maximum absolute atomic E-state index is 14.8. The summed E-state index contributed by atoms with van der Waals surface area (Å²) in [7, 11) is 0. The molecule has 2 fully saturated rings. The Balaban J connectivity index is 1.46. The smallest absolute Gasteiger partial charge is 0.338 e. The summed E-state index contributed by atoms with van der Waals surface area (Å²) in [6.07, 6.45) is 1.26. The molecule has 0 aliphatic carbocycles. The Labute approximate surface area is 266 Å². The van der Waals surface area contributed by atoms with Gasteiger partial charge in [-0.05, 0) is 44.9 Å². The van der Waals surface area contributed by atoms with Gasteiger partial charge in [0, 0.05) is 69.5 Å². The number of thiazole rings is 1. The zero-order chi connectivity index (χ0) is 32.5. The van der Waals surface area contributed by atoms with Gasteiger partial charge in [-0.1, -0.05) is 12.1 Å². The molecule has 12 nitrogen and oxygen atoms in total. The third-order valence-corrected chi connectivity index (χ3v) is 9.25. The minimum Gasteiger partial charge on any atom is -0.481 e. The molecule has 2 saturated heterocycles. The molecule has 0 bridgehead atoms. The molecule has 0 spiro atoms. The van der Waals surface area contributed by atoms with Crippen LogP contribution < -0.4 is 10.6 Å². The predicted octanol–water partition coefficient (Wildman–Crippen LogP) is 2.33. The SMILES string of the molecule is CCOC(=O)C1=C(CN2CCN3C(C2)CN(CC(C)(C)C(=O)O)C3NC(C)=O)NC(c2nccs2)=NC1c1cccc(F)c1C. The highest BCUT2D eigenvalue weighted by molar-refractivity contribution is 7.11. The molecule has 2 aromatic rings. The number of halogens is 1. The highest BCUT2D eigenvalue weighted by Gasteiger charge is 2.46. The summed E-state index contributed by atoms with van der Waals surface area (Å²) >= 11 is 1.41. The lowest BCUT2D eigenvalue weighted by Crippen LogP contribution is -2.59. The van der Waals surface area contributed by atoms with Gasteiger partial charge in [-0.15, -0.1) is 11.3 Å². The summed E-state index contributed by atoms with van der Waals surface area (Å²) in [5.41, 5.74) is 0.894. The molecular formula is C31H40FN7O5S. The Morgan fingerprint density at radius 2 is 2.02 bits per heavy atom. The van der Waals surface area contributed by atoms with Crippen LogP contribution in [0.5, 0.6) is 0 Å². The number of aliphatic carboxylic acids is 1. The van der Waals surface area contributed by atoms with Gasteiger partial charge in [0.05, 0.1) is 17.6 Å². The number of carboxylic acid groups (broad SMARTS) is 1. The first-order valence-corrected chi connectivity index (χ1v) is 15.9. The van der Waals surface area contributed by atoms with E-state index < -0.39 is 29.7 Å². The molecule has 3 aliphatic heterocycles. The van der Waals surface area contributed by atoms with Gasteiger partial charge < -0.3 is 20.5 Å². The number of carbonyl (C=O) groups is 3. The van der Waals surface area contributed by atoms with Crippen LogP contribution in [0, 0.1) is 18.2 Å². The standard InChI is InChI=1S/C31H40FN7O5S/c1-6-44-28(41)24-23(35-26(27-33-10-13-45-27)36-25(24)21-8-7-9-22(32)18(21)2)16-37-11-12-39-20(14-37)15-38(30(39)34-19(3)40)17-31(4,5)29(42)43/h7-10,13,20,25,30H,6,11-12,14-17H2,1-5H3,(H,34,40)(H,35,36)(H,42,43). The number of hydrogen-bond donors (Lipinski definition) is 3. The molecule has 4 heterocycles. The Morgan fingerprint density at radius 3 is 2.69 bits per heavy atom. The molecule has 242 valence electrons. The van der Waals surface area contributed by atoms with Crippen molar-refractivity contribution in [1.29, 1.82) is 0 Å². The highest BCUT2D eigenvalue weighted by Crippen LogP contribution is 2.36. The number of hydrogen-bond acceptors (Lipinski definition) is 11. The number of aromatic nitrogens is 1. The zero-order valence-electron chi connectivity index (χ0n) is 26.2. The molecule has 3 N–H and O–H groups in total. The van der Waals surface area contributed by atoms with Crippen molar-refractivity contribution in [3.8, 4) is 0 Å². The summed E-state index contributed by atoms with van der Waals surface area (Å²) in [6, 6.07) is 3.98. The van der Waals surface area contributed by atoms with Gasteiger partial charge in [0.1, 0.15) is 18.1 Å². The third kappa shape index (κ3) is 6.93. The fraction of sp³-hybridized carbons (Fsp3) is 0.516. The number of ether oxygens (including phenoxy) is 1. The summed E-state index contributed by atoms with van der Waals surface area (Å²) < 4.78 is 20.3. The first-order valence-electron chi connectivity index (χ1n) is 15.0. The molecule has 45 heavy (non-hydrogen) atoms. The monoisotopic (exact) mass is 641 g/mol. The van der Waals surface area contributed by atoms with Crippen molar-refractivity contribution in [1.82, 2.24) is 30.3 Å². The number of carbonyl (C=O) groups excluding carboxylic acids is 2. The van der Waals surface area contributed by atoms with E-state index in [1.54, 1.807) is 46.0 Å². The van der Waals surface area contributed by atoms with Crippen molar-refractivity contribution in [2.45, 2.75) is 53.0 Å². The van der Waals surface area contributed by atoms with Crippen molar-refractivity contribution in [2.24, 2.45) is 10.4 Å². The van der Waals surface area contributed by atoms with Crippen LogP contribution in [0.4, 0.5) is 4.39 Å². The van der Waals surface area contributed by atoms with E-state index in [0.717, 1.165) is 0 Å². The number of aliphatic imine (C=N–C) groups is 1. The van der Waals surface area contributed by atoms with Gasteiger partial charge in [-0.25, -0.2) is 14.2 Å². The number of esters is 1. The first kappa shape index (κ1) is 32.7. The van der Waals surface area contributed by atoms with E-state index in [1.807, 2.05) is 10.3 Å². The number of rotatable bonds is 10. The van der Waals surface area contributed by atoms with Crippen molar-refractivity contribution >= 4 is 35.0 Å². The number of carboxylic acids is 1. The number of nitrogens with one attached hydrogen (secondary N) is 2. The number of nitrogens with zero attached hydrogens (tertiary/aromatic N) is 5. The summed E-state index contributed by atoms with van der Waals surface area (Å²) in [5, 5.41) is 18.6. The molecule has 1 amide bonds. The molecule has 1 aromatic heterocycles.